The highest BCUT2D eigenvalue weighted by molar-refractivity contribution is 5.86. The summed E-state index contributed by atoms with van der Waals surface area (Å²) in [6, 6.07) is 8.45. The number of hydrogen-bond donors (Lipinski definition) is 2. The van der Waals surface area contributed by atoms with Crippen molar-refractivity contribution in [3.8, 4) is 0 Å². The average Bonchev–Trinajstić information content (AvgIpc) is 2.70. The van der Waals surface area contributed by atoms with Crippen molar-refractivity contribution in [2.75, 3.05) is 0 Å². The Bertz CT molecular complexity index is 630. The Morgan fingerprint density at radius 1 is 1.42 bits per heavy atom. The van der Waals surface area contributed by atoms with Crippen LogP contribution in [0.25, 0.3) is 10.9 Å². The van der Waals surface area contributed by atoms with Gasteiger partial charge in [-0.25, -0.2) is 0 Å². The Morgan fingerprint density at radius 3 is 3.00 bits per heavy atom. The summed E-state index contributed by atoms with van der Waals surface area (Å²) in [6.45, 7) is 0.542. The highest BCUT2D eigenvalue weighted by Gasteiger charge is 2.23. The van der Waals surface area contributed by atoms with Crippen molar-refractivity contribution >= 4 is 16.9 Å². The molecule has 2 aromatic rings. The summed E-state index contributed by atoms with van der Waals surface area (Å²) >= 11 is 0. The van der Waals surface area contributed by atoms with Crippen molar-refractivity contribution in [3.63, 3.8) is 0 Å². The first-order valence-corrected chi connectivity index (χ1v) is 6.73. The third-order valence-corrected chi connectivity index (χ3v) is 3.96. The van der Waals surface area contributed by atoms with Crippen LogP contribution in [0, 0.1) is 0 Å². The second kappa shape index (κ2) is 4.70. The van der Waals surface area contributed by atoms with E-state index >= 15 is 0 Å². The predicted octanol–water partition coefficient (Wildman–Crippen LogP) is 1.93. The van der Waals surface area contributed by atoms with Crippen molar-refractivity contribution in [2.24, 2.45) is 5.73 Å². The van der Waals surface area contributed by atoms with E-state index in [0.29, 0.717) is 6.54 Å². The van der Waals surface area contributed by atoms with E-state index in [1.165, 1.54) is 16.6 Å². The van der Waals surface area contributed by atoms with Gasteiger partial charge in [-0.05, 0) is 30.9 Å². The number of aryl methyl sites for hydroxylation is 1. The summed E-state index contributed by atoms with van der Waals surface area (Å²) in [5.74, 6) is -0.751. The zero-order valence-electron chi connectivity index (χ0n) is 10.8. The molecule has 1 aliphatic carbocycles. The van der Waals surface area contributed by atoms with E-state index in [4.69, 9.17) is 10.8 Å². The van der Waals surface area contributed by atoms with Gasteiger partial charge in [-0.2, -0.15) is 0 Å². The Balaban J connectivity index is 2.12. The number of carbonyl (C=O) groups is 1. The molecule has 19 heavy (non-hydrogen) atoms. The lowest BCUT2D eigenvalue weighted by Crippen LogP contribution is -2.28. The predicted molar refractivity (Wildman–Crippen MR) is 74.2 cm³/mol. The van der Waals surface area contributed by atoms with Crippen LogP contribution in [0.4, 0.5) is 0 Å². The number of hydrogen-bond acceptors (Lipinski definition) is 2. The first-order valence-electron chi connectivity index (χ1n) is 6.73. The molecule has 1 atom stereocenters. The SMILES string of the molecule is N[C@H]1CCc2c(c3ccccc3n2CCC(=O)O)C1. The molecule has 0 spiro atoms. The number of fused-ring (bicyclic) bond motifs is 3. The molecule has 0 saturated carbocycles. The summed E-state index contributed by atoms with van der Waals surface area (Å²) in [5.41, 5.74) is 9.81. The summed E-state index contributed by atoms with van der Waals surface area (Å²) in [7, 11) is 0. The monoisotopic (exact) mass is 258 g/mol. The van der Waals surface area contributed by atoms with Crippen molar-refractivity contribution in [2.45, 2.75) is 38.3 Å². The normalized spacial score (nSPS) is 18.5. The summed E-state index contributed by atoms with van der Waals surface area (Å²) < 4.78 is 2.17. The molecule has 0 aliphatic heterocycles. The van der Waals surface area contributed by atoms with Gasteiger partial charge in [0.2, 0.25) is 0 Å². The zero-order valence-corrected chi connectivity index (χ0v) is 10.8. The van der Waals surface area contributed by atoms with E-state index in [1.54, 1.807) is 0 Å². The Kier molecular flexibility index (Phi) is 3.03. The number of nitrogens with two attached hydrogens (primary N) is 1. The zero-order chi connectivity index (χ0) is 13.4. The minimum absolute atomic E-state index is 0.164. The number of carboxylic acid groups (broad SMARTS) is 1. The summed E-state index contributed by atoms with van der Waals surface area (Å²) in [4.78, 5) is 10.8. The van der Waals surface area contributed by atoms with Gasteiger partial charge in [-0.1, -0.05) is 18.2 Å². The second-order valence-electron chi connectivity index (χ2n) is 5.24. The Hall–Kier alpha value is -1.81. The molecule has 0 saturated heterocycles. The molecule has 3 rings (SSSR count). The van der Waals surface area contributed by atoms with Crippen LogP contribution in [-0.4, -0.2) is 21.7 Å². The van der Waals surface area contributed by atoms with Crippen molar-refractivity contribution in [3.05, 3.63) is 35.5 Å². The van der Waals surface area contributed by atoms with Crippen LogP contribution in [0.15, 0.2) is 24.3 Å². The minimum Gasteiger partial charge on any atom is -0.481 e. The Morgan fingerprint density at radius 2 is 2.21 bits per heavy atom. The van der Waals surface area contributed by atoms with Crippen LogP contribution >= 0.6 is 0 Å². The standard InChI is InChI=1S/C15H18N2O2/c16-10-5-6-14-12(9-10)11-3-1-2-4-13(11)17(14)8-7-15(18)19/h1-4,10H,5-9,16H2,(H,18,19)/t10-/m0/s1. The van der Waals surface area contributed by atoms with E-state index < -0.39 is 5.97 Å². The van der Waals surface area contributed by atoms with Crippen LogP contribution in [0.3, 0.4) is 0 Å². The maximum atomic E-state index is 10.8. The van der Waals surface area contributed by atoms with Crippen LogP contribution in [-0.2, 0) is 24.2 Å². The van der Waals surface area contributed by atoms with Crippen molar-refractivity contribution in [1.29, 1.82) is 0 Å². The van der Waals surface area contributed by atoms with Crippen LogP contribution in [0.5, 0.6) is 0 Å². The number of benzene rings is 1. The number of carboxylic acids is 1. The topological polar surface area (TPSA) is 68.2 Å². The van der Waals surface area contributed by atoms with E-state index in [1.807, 2.05) is 12.1 Å². The summed E-state index contributed by atoms with van der Waals surface area (Å²) in [5, 5.41) is 10.1. The maximum absolute atomic E-state index is 10.8. The van der Waals surface area contributed by atoms with Crippen LogP contribution in [0.1, 0.15) is 24.1 Å². The van der Waals surface area contributed by atoms with E-state index in [-0.39, 0.29) is 12.5 Å². The van der Waals surface area contributed by atoms with E-state index in [2.05, 4.69) is 16.7 Å². The molecular weight excluding hydrogens is 240 g/mol. The molecule has 1 aliphatic rings. The van der Waals surface area contributed by atoms with Gasteiger partial charge in [0.05, 0.1) is 6.42 Å². The molecule has 1 aromatic carbocycles. The number of nitrogens with zero attached hydrogens (tertiary/aromatic N) is 1. The summed E-state index contributed by atoms with van der Waals surface area (Å²) in [6.07, 6.45) is 2.99. The molecule has 4 heteroatoms. The lowest BCUT2D eigenvalue weighted by molar-refractivity contribution is -0.137. The van der Waals surface area contributed by atoms with E-state index in [0.717, 1.165) is 24.8 Å². The highest BCUT2D eigenvalue weighted by atomic mass is 16.4. The molecule has 0 amide bonds. The molecule has 0 unspecified atom stereocenters. The van der Waals surface area contributed by atoms with Gasteiger partial charge in [0.25, 0.3) is 0 Å². The van der Waals surface area contributed by atoms with Gasteiger partial charge in [0, 0.05) is 29.2 Å². The molecule has 100 valence electrons. The molecule has 0 radical (unpaired) electrons. The number of aromatic nitrogens is 1. The molecule has 0 bridgehead atoms. The first kappa shape index (κ1) is 12.2. The van der Waals surface area contributed by atoms with Gasteiger partial charge in [0.1, 0.15) is 0 Å². The first-order chi connectivity index (χ1) is 9.16. The van der Waals surface area contributed by atoms with Gasteiger partial charge >= 0.3 is 5.97 Å². The minimum atomic E-state index is -0.751. The van der Waals surface area contributed by atoms with Gasteiger partial charge in [0.15, 0.2) is 0 Å². The third kappa shape index (κ3) is 2.12. The lowest BCUT2D eigenvalue weighted by Gasteiger charge is -2.20. The number of rotatable bonds is 3. The fourth-order valence-electron chi connectivity index (χ4n) is 3.09. The van der Waals surface area contributed by atoms with Gasteiger partial charge in [-0.3, -0.25) is 4.79 Å². The van der Waals surface area contributed by atoms with Crippen molar-refractivity contribution < 1.29 is 9.90 Å². The number of aliphatic carboxylic acids is 1. The number of para-hydroxylation sites is 1. The van der Waals surface area contributed by atoms with Crippen LogP contribution < -0.4 is 5.73 Å². The van der Waals surface area contributed by atoms with E-state index in [9.17, 15) is 4.79 Å². The molecular formula is C15H18N2O2. The molecule has 1 aromatic heterocycles. The molecule has 0 fully saturated rings. The van der Waals surface area contributed by atoms with Gasteiger partial charge in [-0.15, -0.1) is 0 Å². The van der Waals surface area contributed by atoms with Crippen LogP contribution in [0.2, 0.25) is 0 Å². The molecule has 1 heterocycles. The fraction of sp³-hybridized carbons (Fsp3) is 0.400. The smallest absolute Gasteiger partial charge is 0.305 e. The Labute approximate surface area is 111 Å². The third-order valence-electron chi connectivity index (χ3n) is 3.96. The largest absolute Gasteiger partial charge is 0.481 e. The molecule has 3 N–H and O–H groups in total. The lowest BCUT2D eigenvalue weighted by atomic mass is 9.92. The fourth-order valence-corrected chi connectivity index (χ4v) is 3.09. The van der Waals surface area contributed by atoms with Gasteiger partial charge < -0.3 is 15.4 Å². The molecule has 4 nitrogen and oxygen atoms in total. The maximum Gasteiger partial charge on any atom is 0.305 e. The highest BCUT2D eigenvalue weighted by Crippen LogP contribution is 2.31. The average molecular weight is 258 g/mol. The van der Waals surface area contributed by atoms with Crippen molar-refractivity contribution in [1.82, 2.24) is 4.57 Å². The second-order valence-corrected chi connectivity index (χ2v) is 5.24. The quantitative estimate of drug-likeness (QED) is 0.884.